The lowest BCUT2D eigenvalue weighted by Crippen LogP contribution is -2.22. The molecule has 0 fully saturated rings. The Morgan fingerprint density at radius 2 is 1.76 bits per heavy atom. The molecular formula is C21H21F3N2O3. The van der Waals surface area contributed by atoms with Crippen LogP contribution in [0.3, 0.4) is 0 Å². The fourth-order valence-electron chi connectivity index (χ4n) is 2.94. The molecule has 1 N–H and O–H groups in total. The van der Waals surface area contributed by atoms with Gasteiger partial charge in [-0.15, -0.1) is 0 Å². The van der Waals surface area contributed by atoms with Crippen LogP contribution in [0.15, 0.2) is 35.1 Å². The number of carboxylic acids is 1. The summed E-state index contributed by atoms with van der Waals surface area (Å²) in [5, 5.41) is 9.47. The number of aromatic nitrogens is 2. The Hall–Kier alpha value is -3.16. The van der Waals surface area contributed by atoms with Gasteiger partial charge in [-0.1, -0.05) is 31.5 Å². The molecule has 1 aromatic heterocycles. The van der Waals surface area contributed by atoms with E-state index in [1.165, 1.54) is 4.57 Å². The van der Waals surface area contributed by atoms with E-state index in [1.807, 2.05) is 13.8 Å². The summed E-state index contributed by atoms with van der Waals surface area (Å²) in [7, 11) is 0. The van der Waals surface area contributed by atoms with Crippen molar-refractivity contribution < 1.29 is 23.1 Å². The van der Waals surface area contributed by atoms with Crippen LogP contribution in [0.5, 0.6) is 0 Å². The first-order valence-electron chi connectivity index (χ1n) is 9.12. The van der Waals surface area contributed by atoms with Crippen molar-refractivity contribution in [2.24, 2.45) is 0 Å². The predicted molar refractivity (Wildman–Crippen MR) is 103 cm³/mol. The summed E-state index contributed by atoms with van der Waals surface area (Å²) in [4.78, 5) is 27.5. The molecule has 154 valence electrons. The Kier molecular flexibility index (Phi) is 7.14. The Bertz CT molecular complexity index is 1110. The Balaban J connectivity index is 0.00000145. The monoisotopic (exact) mass is 406 g/mol. The summed E-state index contributed by atoms with van der Waals surface area (Å²) >= 11 is 0. The van der Waals surface area contributed by atoms with Gasteiger partial charge in [0, 0.05) is 6.42 Å². The topological polar surface area (TPSA) is 72.2 Å². The van der Waals surface area contributed by atoms with Crippen LogP contribution in [-0.2, 0) is 24.2 Å². The summed E-state index contributed by atoms with van der Waals surface area (Å²) in [5.74, 6) is -5.18. The van der Waals surface area contributed by atoms with Crippen molar-refractivity contribution >= 4 is 16.9 Å². The molecule has 5 nitrogen and oxygen atoms in total. The quantitative estimate of drug-likeness (QED) is 0.650. The second-order valence-corrected chi connectivity index (χ2v) is 6.17. The zero-order valence-corrected chi connectivity index (χ0v) is 16.3. The third-order valence-electron chi connectivity index (χ3n) is 4.24. The number of aryl methyl sites for hydroxylation is 3. The van der Waals surface area contributed by atoms with Crippen LogP contribution in [0, 0.1) is 24.4 Å². The van der Waals surface area contributed by atoms with Crippen LogP contribution >= 0.6 is 0 Å². The van der Waals surface area contributed by atoms with Gasteiger partial charge in [0.15, 0.2) is 17.5 Å². The molecule has 0 spiro atoms. The number of halogens is 3. The van der Waals surface area contributed by atoms with E-state index in [4.69, 9.17) is 0 Å². The minimum absolute atomic E-state index is 0.0195. The molecule has 2 aromatic carbocycles. The first kappa shape index (κ1) is 22.1. The number of aliphatic carboxylic acids is 1. The van der Waals surface area contributed by atoms with Gasteiger partial charge in [-0.2, -0.15) is 4.98 Å². The van der Waals surface area contributed by atoms with Crippen LogP contribution in [0.4, 0.5) is 13.2 Å². The van der Waals surface area contributed by atoms with Crippen molar-refractivity contribution in [1.29, 1.82) is 0 Å². The molecule has 0 unspecified atom stereocenters. The van der Waals surface area contributed by atoms with E-state index in [-0.39, 0.29) is 29.6 Å². The van der Waals surface area contributed by atoms with E-state index in [1.54, 1.807) is 25.1 Å². The zero-order chi connectivity index (χ0) is 21.7. The molecule has 8 heteroatoms. The van der Waals surface area contributed by atoms with Gasteiger partial charge >= 0.3 is 5.97 Å². The minimum atomic E-state index is -1.57. The number of hydrogen-bond acceptors (Lipinski definition) is 3. The molecule has 0 radical (unpaired) electrons. The van der Waals surface area contributed by atoms with Gasteiger partial charge in [-0.3, -0.25) is 9.59 Å². The first-order chi connectivity index (χ1) is 13.8. The Morgan fingerprint density at radius 1 is 1.07 bits per heavy atom. The number of hydrogen-bond donors (Lipinski definition) is 1. The highest BCUT2D eigenvalue weighted by molar-refractivity contribution is 5.80. The van der Waals surface area contributed by atoms with Gasteiger partial charge in [-0.05, 0) is 37.1 Å². The average molecular weight is 406 g/mol. The summed E-state index contributed by atoms with van der Waals surface area (Å²) in [6.45, 7) is 5.35. The number of fused-ring (bicyclic) bond motifs is 1. The molecule has 0 aliphatic heterocycles. The van der Waals surface area contributed by atoms with Crippen molar-refractivity contribution in [3.63, 3.8) is 0 Å². The summed E-state index contributed by atoms with van der Waals surface area (Å²) in [5.41, 5.74) is 0.591. The average Bonchev–Trinajstić information content (AvgIpc) is 2.69. The maximum Gasteiger partial charge on any atom is 0.323 e. The highest BCUT2D eigenvalue weighted by Gasteiger charge is 2.17. The molecule has 29 heavy (non-hydrogen) atoms. The van der Waals surface area contributed by atoms with Gasteiger partial charge in [0.25, 0.3) is 5.56 Å². The molecule has 0 saturated carbocycles. The molecule has 0 aliphatic rings. The molecule has 0 atom stereocenters. The van der Waals surface area contributed by atoms with Crippen molar-refractivity contribution in [2.45, 2.75) is 40.2 Å². The zero-order valence-electron chi connectivity index (χ0n) is 16.3. The third-order valence-corrected chi connectivity index (χ3v) is 4.24. The van der Waals surface area contributed by atoms with Crippen molar-refractivity contribution in [3.05, 3.63) is 75.1 Å². The van der Waals surface area contributed by atoms with Gasteiger partial charge in [0.05, 0.1) is 10.9 Å². The van der Waals surface area contributed by atoms with Gasteiger partial charge < -0.3 is 9.67 Å². The minimum Gasteiger partial charge on any atom is -0.480 e. The molecule has 0 saturated heterocycles. The fraction of sp³-hybridized carbons (Fsp3) is 0.286. The lowest BCUT2D eigenvalue weighted by Gasteiger charge is -2.14. The van der Waals surface area contributed by atoms with Crippen LogP contribution in [0.2, 0.25) is 0 Å². The fourth-order valence-corrected chi connectivity index (χ4v) is 2.94. The van der Waals surface area contributed by atoms with Crippen molar-refractivity contribution in [1.82, 2.24) is 9.55 Å². The maximum absolute atomic E-state index is 13.9. The molecule has 0 amide bonds. The van der Waals surface area contributed by atoms with E-state index in [0.717, 1.165) is 17.7 Å². The molecule has 0 bridgehead atoms. The van der Waals surface area contributed by atoms with Gasteiger partial charge in [0.2, 0.25) is 0 Å². The third kappa shape index (κ3) is 4.82. The summed E-state index contributed by atoms with van der Waals surface area (Å²) < 4.78 is 41.6. The lowest BCUT2D eigenvalue weighted by molar-refractivity contribution is -0.137. The predicted octanol–water partition coefficient (Wildman–Crippen LogP) is 4.02. The largest absolute Gasteiger partial charge is 0.480 e. The van der Waals surface area contributed by atoms with Crippen LogP contribution < -0.4 is 5.56 Å². The van der Waals surface area contributed by atoms with Crippen molar-refractivity contribution in [2.75, 3.05) is 0 Å². The number of rotatable bonds is 5. The van der Waals surface area contributed by atoms with Crippen molar-refractivity contribution in [3.8, 4) is 0 Å². The second kappa shape index (κ2) is 9.36. The van der Waals surface area contributed by atoms with Gasteiger partial charge in [-0.25, -0.2) is 13.2 Å². The number of carbonyl (C=O) groups is 1. The molecule has 3 rings (SSSR count). The normalized spacial score (nSPS) is 10.6. The highest BCUT2D eigenvalue weighted by atomic mass is 19.2. The molecular weight excluding hydrogens is 385 g/mol. The lowest BCUT2D eigenvalue weighted by atomic mass is 10.1. The van der Waals surface area contributed by atoms with E-state index < -0.39 is 35.5 Å². The Morgan fingerprint density at radius 3 is 2.41 bits per heavy atom. The van der Waals surface area contributed by atoms with Crippen LogP contribution in [0.1, 0.15) is 30.8 Å². The van der Waals surface area contributed by atoms with Crippen LogP contribution in [-0.4, -0.2) is 20.6 Å². The summed E-state index contributed by atoms with van der Waals surface area (Å²) in [6.07, 6.45) is -0.0964. The number of benzene rings is 2. The number of nitrogens with zero attached hydrogens (tertiary/aromatic N) is 2. The number of carboxylic acid groups (broad SMARTS) is 1. The van der Waals surface area contributed by atoms with Crippen LogP contribution in [0.25, 0.3) is 10.9 Å². The van der Waals surface area contributed by atoms with Gasteiger partial charge in [0.1, 0.15) is 12.4 Å². The maximum atomic E-state index is 13.9. The standard InChI is InChI=1S/C19H15F3N2O3.C2H6/c1-10-2-6-14-12(8-10)19(27)23-15(24(14)9-16(25)26)7-4-11-3-5-13(20)18(22)17(11)21;1-2/h2-3,5-6,8H,4,7,9H2,1H3,(H,25,26);1-2H3. The first-order valence-corrected chi connectivity index (χ1v) is 9.12. The molecule has 3 aromatic rings. The van der Waals surface area contributed by atoms with E-state index in [2.05, 4.69) is 4.98 Å². The molecule has 1 heterocycles. The smallest absolute Gasteiger partial charge is 0.323 e. The highest BCUT2D eigenvalue weighted by Crippen LogP contribution is 2.19. The van der Waals surface area contributed by atoms with E-state index >= 15 is 0 Å². The Labute approximate surface area is 165 Å². The summed E-state index contributed by atoms with van der Waals surface area (Å²) in [6, 6.07) is 6.89. The van der Waals surface area contributed by atoms with E-state index in [9.17, 15) is 27.9 Å². The SMILES string of the molecule is CC.Cc1ccc2c(c1)c(=O)nc(CCc1ccc(F)c(F)c1F)n2CC(=O)O. The molecule has 0 aliphatic carbocycles. The van der Waals surface area contributed by atoms with E-state index in [0.29, 0.717) is 5.52 Å². The second-order valence-electron chi connectivity index (χ2n) is 6.17.